The first-order valence-corrected chi connectivity index (χ1v) is 7.29. The lowest BCUT2D eigenvalue weighted by Gasteiger charge is -2.23. The monoisotopic (exact) mass is 291 g/mol. The Balaban J connectivity index is 2.56. The van der Waals surface area contributed by atoms with Crippen LogP contribution in [0.1, 0.15) is 38.6 Å². The molecule has 0 fully saturated rings. The van der Waals surface area contributed by atoms with Crippen molar-refractivity contribution in [2.75, 3.05) is 12.4 Å². The van der Waals surface area contributed by atoms with Crippen molar-refractivity contribution < 1.29 is 0 Å². The van der Waals surface area contributed by atoms with Crippen molar-refractivity contribution in [3.8, 4) is 0 Å². The molecule has 1 N–H and O–H groups in total. The highest BCUT2D eigenvalue weighted by molar-refractivity contribution is 6.31. The van der Waals surface area contributed by atoms with E-state index in [0.717, 1.165) is 42.3 Å². The van der Waals surface area contributed by atoms with E-state index in [4.69, 9.17) is 23.2 Å². The van der Waals surface area contributed by atoms with Gasteiger partial charge < -0.3 is 5.32 Å². The second kappa shape index (κ2) is 6.78. The summed E-state index contributed by atoms with van der Waals surface area (Å²) in [6.07, 6.45) is 1.87. The molecule has 1 aromatic heterocycles. The third kappa shape index (κ3) is 4.15. The molecule has 5 heteroatoms. The van der Waals surface area contributed by atoms with E-state index in [-0.39, 0.29) is 5.41 Å². The maximum Gasteiger partial charge on any atom is 0.0863 e. The number of rotatable bonds is 7. The van der Waals surface area contributed by atoms with Crippen molar-refractivity contribution in [3.63, 3.8) is 0 Å². The van der Waals surface area contributed by atoms with E-state index in [1.807, 2.05) is 11.7 Å². The van der Waals surface area contributed by atoms with Crippen LogP contribution >= 0.6 is 23.2 Å². The summed E-state index contributed by atoms with van der Waals surface area (Å²) in [6, 6.07) is 0. The van der Waals surface area contributed by atoms with E-state index in [0.29, 0.717) is 5.88 Å². The van der Waals surface area contributed by atoms with Gasteiger partial charge in [-0.3, -0.25) is 4.68 Å². The van der Waals surface area contributed by atoms with Gasteiger partial charge in [0.15, 0.2) is 0 Å². The molecule has 0 unspecified atom stereocenters. The minimum atomic E-state index is 0.209. The Morgan fingerprint density at radius 3 is 2.56 bits per heavy atom. The SMILES string of the molecule is CCc1nn(C)c(CNCC(C)(C)CCCl)c1Cl. The molecule has 18 heavy (non-hydrogen) atoms. The van der Waals surface area contributed by atoms with E-state index < -0.39 is 0 Å². The molecule has 0 saturated heterocycles. The summed E-state index contributed by atoms with van der Waals surface area (Å²) in [4.78, 5) is 0. The molecule has 1 rings (SSSR count). The molecule has 0 saturated carbocycles. The van der Waals surface area contributed by atoms with Gasteiger partial charge in [0.25, 0.3) is 0 Å². The summed E-state index contributed by atoms with van der Waals surface area (Å²) in [7, 11) is 1.94. The third-order valence-corrected chi connectivity index (χ3v) is 3.80. The highest BCUT2D eigenvalue weighted by Gasteiger charge is 2.18. The van der Waals surface area contributed by atoms with Gasteiger partial charge in [-0.05, 0) is 18.3 Å². The number of halogens is 2. The van der Waals surface area contributed by atoms with Crippen molar-refractivity contribution in [2.45, 2.75) is 40.2 Å². The maximum atomic E-state index is 6.30. The first-order chi connectivity index (χ1) is 8.41. The summed E-state index contributed by atoms with van der Waals surface area (Å²) in [5.74, 6) is 0.696. The van der Waals surface area contributed by atoms with Crippen LogP contribution in [0.4, 0.5) is 0 Å². The van der Waals surface area contributed by atoms with Crippen LogP contribution in [0.15, 0.2) is 0 Å². The van der Waals surface area contributed by atoms with Crippen LogP contribution in [0.2, 0.25) is 5.02 Å². The van der Waals surface area contributed by atoms with Crippen molar-refractivity contribution in [1.29, 1.82) is 0 Å². The normalized spacial score (nSPS) is 12.1. The molecule has 3 nitrogen and oxygen atoms in total. The zero-order chi connectivity index (χ0) is 13.8. The predicted molar refractivity (Wildman–Crippen MR) is 78.4 cm³/mol. The average Bonchev–Trinajstić information content (AvgIpc) is 2.55. The molecule has 1 heterocycles. The van der Waals surface area contributed by atoms with Crippen LogP contribution < -0.4 is 5.32 Å². The van der Waals surface area contributed by atoms with Gasteiger partial charge in [-0.25, -0.2) is 0 Å². The van der Waals surface area contributed by atoms with Crippen LogP contribution in [0, 0.1) is 5.41 Å². The van der Waals surface area contributed by atoms with Crippen molar-refractivity contribution in [1.82, 2.24) is 15.1 Å². The molecule has 0 radical (unpaired) electrons. The summed E-state index contributed by atoms with van der Waals surface area (Å²) in [5, 5.41) is 8.64. The van der Waals surface area contributed by atoms with E-state index >= 15 is 0 Å². The molecular weight excluding hydrogens is 269 g/mol. The first kappa shape index (κ1) is 15.8. The molecular formula is C13H23Cl2N3. The fourth-order valence-electron chi connectivity index (χ4n) is 1.88. The Morgan fingerprint density at radius 1 is 1.39 bits per heavy atom. The minimum Gasteiger partial charge on any atom is -0.311 e. The number of alkyl halides is 1. The highest BCUT2D eigenvalue weighted by atomic mass is 35.5. The van der Waals surface area contributed by atoms with Gasteiger partial charge in [-0.15, -0.1) is 11.6 Å². The van der Waals surface area contributed by atoms with Gasteiger partial charge >= 0.3 is 0 Å². The highest BCUT2D eigenvalue weighted by Crippen LogP contribution is 2.22. The van der Waals surface area contributed by atoms with Crippen molar-refractivity contribution in [2.24, 2.45) is 12.5 Å². The summed E-state index contributed by atoms with van der Waals surface area (Å²) in [6.45, 7) is 8.15. The average molecular weight is 292 g/mol. The molecule has 0 bridgehead atoms. The Morgan fingerprint density at radius 2 is 2.06 bits per heavy atom. The van der Waals surface area contributed by atoms with Gasteiger partial charge in [0.05, 0.1) is 16.4 Å². The summed E-state index contributed by atoms with van der Waals surface area (Å²) < 4.78 is 1.86. The number of nitrogens with one attached hydrogen (secondary N) is 1. The predicted octanol–water partition coefficient (Wildman–Crippen LogP) is 3.38. The smallest absolute Gasteiger partial charge is 0.0863 e. The van der Waals surface area contributed by atoms with Gasteiger partial charge in [0.2, 0.25) is 0 Å². The Labute approximate surface area is 120 Å². The molecule has 0 atom stereocenters. The molecule has 1 aromatic rings. The zero-order valence-electron chi connectivity index (χ0n) is 11.7. The van der Waals surface area contributed by atoms with Crippen molar-refractivity contribution in [3.05, 3.63) is 16.4 Å². The first-order valence-electron chi connectivity index (χ1n) is 6.38. The molecule has 0 aliphatic heterocycles. The van der Waals surface area contributed by atoms with Crippen LogP contribution in [-0.4, -0.2) is 22.2 Å². The summed E-state index contributed by atoms with van der Waals surface area (Å²) >= 11 is 12.1. The van der Waals surface area contributed by atoms with Gasteiger partial charge in [-0.2, -0.15) is 5.10 Å². The van der Waals surface area contributed by atoms with E-state index in [1.54, 1.807) is 0 Å². The number of nitrogens with zero attached hydrogens (tertiary/aromatic N) is 2. The van der Waals surface area contributed by atoms with Crippen LogP contribution in [0.5, 0.6) is 0 Å². The molecule has 0 aliphatic carbocycles. The van der Waals surface area contributed by atoms with E-state index in [1.165, 1.54) is 0 Å². The van der Waals surface area contributed by atoms with Crippen molar-refractivity contribution >= 4 is 23.2 Å². The lowest BCUT2D eigenvalue weighted by molar-refractivity contribution is 0.328. The molecule has 104 valence electrons. The maximum absolute atomic E-state index is 6.30. The Bertz CT molecular complexity index is 386. The Hall–Kier alpha value is -0.250. The fourth-order valence-corrected chi connectivity index (χ4v) is 2.75. The number of hydrogen-bond donors (Lipinski definition) is 1. The molecule has 0 spiro atoms. The lowest BCUT2D eigenvalue weighted by atomic mass is 9.90. The number of hydrogen-bond acceptors (Lipinski definition) is 2. The van der Waals surface area contributed by atoms with Gasteiger partial charge in [0.1, 0.15) is 0 Å². The standard InChI is InChI=1S/C13H23Cl2N3/c1-5-10-12(15)11(18(4)17-10)8-16-9-13(2,3)6-7-14/h16H,5-9H2,1-4H3. The van der Waals surface area contributed by atoms with E-state index in [9.17, 15) is 0 Å². The summed E-state index contributed by atoms with van der Waals surface area (Å²) in [5.41, 5.74) is 2.23. The molecule has 0 aromatic carbocycles. The Kier molecular flexibility index (Phi) is 5.96. The molecule has 0 aliphatic rings. The number of aromatic nitrogens is 2. The molecule has 0 amide bonds. The second-order valence-electron chi connectivity index (χ2n) is 5.39. The topological polar surface area (TPSA) is 29.9 Å². The van der Waals surface area contributed by atoms with Gasteiger partial charge in [0, 0.05) is 26.0 Å². The minimum absolute atomic E-state index is 0.209. The van der Waals surface area contributed by atoms with Crippen LogP contribution in [-0.2, 0) is 20.0 Å². The lowest BCUT2D eigenvalue weighted by Crippen LogP contribution is -2.30. The zero-order valence-corrected chi connectivity index (χ0v) is 13.2. The van der Waals surface area contributed by atoms with Crippen LogP contribution in [0.25, 0.3) is 0 Å². The number of aryl methyl sites for hydroxylation is 2. The quantitative estimate of drug-likeness (QED) is 0.781. The fraction of sp³-hybridized carbons (Fsp3) is 0.769. The van der Waals surface area contributed by atoms with Crippen LogP contribution in [0.3, 0.4) is 0 Å². The second-order valence-corrected chi connectivity index (χ2v) is 6.15. The largest absolute Gasteiger partial charge is 0.311 e. The van der Waals surface area contributed by atoms with Gasteiger partial charge in [-0.1, -0.05) is 32.4 Å². The third-order valence-electron chi connectivity index (χ3n) is 3.17. The van der Waals surface area contributed by atoms with E-state index in [2.05, 4.69) is 31.2 Å².